The molecular weight excluding hydrogens is 350 g/mol. The van der Waals surface area contributed by atoms with E-state index in [1.807, 2.05) is 47.4 Å². The van der Waals surface area contributed by atoms with Crippen LogP contribution in [-0.4, -0.2) is 28.1 Å². The van der Waals surface area contributed by atoms with Gasteiger partial charge in [0, 0.05) is 57.1 Å². The van der Waals surface area contributed by atoms with Gasteiger partial charge in [-0.1, -0.05) is 0 Å². The summed E-state index contributed by atoms with van der Waals surface area (Å²) in [6.45, 7) is 0.747. The number of aromatic nitrogens is 2. The van der Waals surface area contributed by atoms with Gasteiger partial charge >= 0.3 is 5.69 Å². The number of rotatable bonds is 3. The molecule has 4 rings (SSSR count). The Balaban J connectivity index is 1.51. The van der Waals surface area contributed by atoms with Gasteiger partial charge in [-0.3, -0.25) is 9.13 Å². The van der Waals surface area contributed by atoms with Gasteiger partial charge in [0.25, 0.3) is 5.92 Å². The molecule has 1 fully saturated rings. The standard InChI is InChI=1S/C20H22F2N4O/c1-24-17-8-5-15(13-18(17)25(2)19(24)27)23-14-3-6-16(7-4-14)26-11-9-20(21,22)10-12-26/h3-8,13,23H,9-12H2,1-2H3. The highest BCUT2D eigenvalue weighted by Gasteiger charge is 2.33. The van der Waals surface area contributed by atoms with Crippen molar-refractivity contribution in [2.24, 2.45) is 14.1 Å². The van der Waals surface area contributed by atoms with Crippen LogP contribution in [0.1, 0.15) is 12.8 Å². The fraction of sp³-hybridized carbons (Fsp3) is 0.350. The van der Waals surface area contributed by atoms with Crippen LogP contribution in [0.4, 0.5) is 25.8 Å². The van der Waals surface area contributed by atoms with Crippen LogP contribution in [0.2, 0.25) is 0 Å². The number of nitrogens with one attached hydrogen (secondary N) is 1. The number of alkyl halides is 2. The highest BCUT2D eigenvalue weighted by atomic mass is 19.3. The Hall–Kier alpha value is -2.83. The van der Waals surface area contributed by atoms with Gasteiger partial charge < -0.3 is 10.2 Å². The molecule has 0 unspecified atom stereocenters. The number of piperidine rings is 1. The first kappa shape index (κ1) is 17.6. The third kappa shape index (κ3) is 3.29. The summed E-state index contributed by atoms with van der Waals surface area (Å²) in [6, 6.07) is 13.6. The van der Waals surface area contributed by atoms with E-state index < -0.39 is 5.92 Å². The molecule has 1 N–H and O–H groups in total. The SMILES string of the molecule is Cn1c(=O)n(C)c2cc(Nc3ccc(N4CCC(F)(F)CC4)cc3)ccc21. The maximum atomic E-state index is 13.3. The zero-order valence-corrected chi connectivity index (χ0v) is 15.4. The second-order valence-corrected chi connectivity index (χ2v) is 7.12. The molecular formula is C20H22F2N4O. The Morgan fingerprint density at radius 1 is 0.889 bits per heavy atom. The lowest BCUT2D eigenvalue weighted by molar-refractivity contribution is -0.0220. The molecule has 1 aliphatic heterocycles. The number of aryl methyl sites for hydroxylation is 2. The van der Waals surface area contributed by atoms with Gasteiger partial charge in [0.1, 0.15) is 0 Å². The molecule has 0 bridgehead atoms. The molecule has 2 aromatic carbocycles. The highest BCUT2D eigenvalue weighted by Crippen LogP contribution is 2.31. The van der Waals surface area contributed by atoms with Gasteiger partial charge in [0.2, 0.25) is 0 Å². The van der Waals surface area contributed by atoms with Crippen molar-refractivity contribution in [3.63, 3.8) is 0 Å². The van der Waals surface area contributed by atoms with E-state index >= 15 is 0 Å². The number of fused-ring (bicyclic) bond motifs is 1. The molecule has 7 heteroatoms. The number of anilines is 3. The van der Waals surface area contributed by atoms with E-state index in [0.717, 1.165) is 28.1 Å². The summed E-state index contributed by atoms with van der Waals surface area (Å²) in [4.78, 5) is 14.0. The largest absolute Gasteiger partial charge is 0.371 e. The average molecular weight is 372 g/mol. The van der Waals surface area contributed by atoms with Crippen molar-refractivity contribution in [1.82, 2.24) is 9.13 Å². The third-order valence-corrected chi connectivity index (χ3v) is 5.29. The molecule has 0 saturated carbocycles. The van der Waals surface area contributed by atoms with E-state index in [9.17, 15) is 13.6 Å². The van der Waals surface area contributed by atoms with Crippen molar-refractivity contribution in [1.29, 1.82) is 0 Å². The molecule has 0 aliphatic carbocycles. The van der Waals surface area contributed by atoms with Gasteiger partial charge in [-0.2, -0.15) is 0 Å². The van der Waals surface area contributed by atoms with Crippen molar-refractivity contribution in [2.45, 2.75) is 18.8 Å². The zero-order chi connectivity index (χ0) is 19.2. The summed E-state index contributed by atoms with van der Waals surface area (Å²) in [5.74, 6) is -2.53. The molecule has 0 radical (unpaired) electrons. The molecule has 0 spiro atoms. The zero-order valence-electron chi connectivity index (χ0n) is 15.4. The molecule has 1 saturated heterocycles. The first-order valence-electron chi connectivity index (χ1n) is 8.99. The summed E-state index contributed by atoms with van der Waals surface area (Å²) in [7, 11) is 3.51. The number of hydrogen-bond donors (Lipinski definition) is 1. The fourth-order valence-corrected chi connectivity index (χ4v) is 3.60. The van der Waals surface area contributed by atoms with Crippen molar-refractivity contribution >= 4 is 28.1 Å². The van der Waals surface area contributed by atoms with Crippen molar-refractivity contribution in [3.8, 4) is 0 Å². The first-order chi connectivity index (χ1) is 12.8. The lowest BCUT2D eigenvalue weighted by Gasteiger charge is -2.33. The van der Waals surface area contributed by atoms with Crippen molar-refractivity contribution in [3.05, 3.63) is 52.9 Å². The Kier molecular flexibility index (Phi) is 4.17. The quantitative estimate of drug-likeness (QED) is 0.759. The molecule has 1 aromatic heterocycles. The fourth-order valence-electron chi connectivity index (χ4n) is 3.60. The van der Waals surface area contributed by atoms with Crippen LogP contribution < -0.4 is 15.9 Å². The van der Waals surface area contributed by atoms with Crippen LogP contribution in [0.3, 0.4) is 0 Å². The minimum Gasteiger partial charge on any atom is -0.371 e. The van der Waals surface area contributed by atoms with Gasteiger partial charge in [0.05, 0.1) is 11.0 Å². The molecule has 2 heterocycles. The number of halogens is 2. The third-order valence-electron chi connectivity index (χ3n) is 5.29. The average Bonchev–Trinajstić information content (AvgIpc) is 2.87. The molecule has 5 nitrogen and oxygen atoms in total. The van der Waals surface area contributed by atoms with Gasteiger partial charge in [-0.25, -0.2) is 13.6 Å². The Morgan fingerprint density at radius 3 is 2.15 bits per heavy atom. The second kappa shape index (κ2) is 6.40. The Labute approximate surface area is 155 Å². The normalized spacial score (nSPS) is 16.7. The van der Waals surface area contributed by atoms with Crippen molar-refractivity contribution < 1.29 is 8.78 Å². The predicted octanol–water partition coefficient (Wildman–Crippen LogP) is 3.86. The number of imidazole rings is 1. The topological polar surface area (TPSA) is 42.2 Å². The smallest absolute Gasteiger partial charge is 0.328 e. The number of hydrogen-bond acceptors (Lipinski definition) is 3. The van der Waals surface area contributed by atoms with Crippen LogP contribution in [0, 0.1) is 0 Å². The summed E-state index contributed by atoms with van der Waals surface area (Å²) >= 11 is 0. The monoisotopic (exact) mass is 372 g/mol. The van der Waals surface area contributed by atoms with E-state index in [1.54, 1.807) is 23.2 Å². The first-order valence-corrected chi connectivity index (χ1v) is 8.99. The lowest BCUT2D eigenvalue weighted by atomic mass is 10.1. The molecule has 142 valence electrons. The molecule has 0 amide bonds. The van der Waals surface area contributed by atoms with E-state index in [0.29, 0.717) is 13.1 Å². The van der Waals surface area contributed by atoms with Gasteiger partial charge in [-0.15, -0.1) is 0 Å². The maximum absolute atomic E-state index is 13.3. The van der Waals surface area contributed by atoms with Crippen molar-refractivity contribution in [2.75, 3.05) is 23.3 Å². The maximum Gasteiger partial charge on any atom is 0.328 e. The van der Waals surface area contributed by atoms with Crippen LogP contribution in [-0.2, 0) is 14.1 Å². The van der Waals surface area contributed by atoms with Gasteiger partial charge in [-0.05, 0) is 42.5 Å². The molecule has 1 aliphatic rings. The molecule has 3 aromatic rings. The predicted molar refractivity (Wildman–Crippen MR) is 104 cm³/mol. The van der Waals surface area contributed by atoms with E-state index in [-0.39, 0.29) is 18.5 Å². The Morgan fingerprint density at radius 2 is 1.48 bits per heavy atom. The number of benzene rings is 2. The summed E-state index contributed by atoms with van der Waals surface area (Å²) in [5.41, 5.74) is 4.43. The van der Waals surface area contributed by atoms with Crippen LogP contribution in [0.15, 0.2) is 47.3 Å². The highest BCUT2D eigenvalue weighted by molar-refractivity contribution is 5.81. The summed E-state index contributed by atoms with van der Waals surface area (Å²) in [6.07, 6.45) is -0.189. The van der Waals surface area contributed by atoms with Crippen LogP contribution in [0.5, 0.6) is 0 Å². The van der Waals surface area contributed by atoms with E-state index in [2.05, 4.69) is 5.32 Å². The van der Waals surface area contributed by atoms with E-state index in [4.69, 9.17) is 0 Å². The minimum atomic E-state index is -2.53. The molecule has 27 heavy (non-hydrogen) atoms. The van der Waals surface area contributed by atoms with E-state index in [1.165, 1.54) is 0 Å². The lowest BCUT2D eigenvalue weighted by Crippen LogP contribution is -2.39. The van der Waals surface area contributed by atoms with Crippen LogP contribution in [0.25, 0.3) is 11.0 Å². The second-order valence-electron chi connectivity index (χ2n) is 7.12. The Bertz CT molecular complexity index is 1030. The summed E-state index contributed by atoms with van der Waals surface area (Å²) < 4.78 is 29.9. The number of nitrogens with zero attached hydrogens (tertiary/aromatic N) is 3. The molecule has 0 atom stereocenters. The minimum absolute atomic E-state index is 0.0568. The summed E-state index contributed by atoms with van der Waals surface area (Å²) in [5, 5.41) is 3.33. The van der Waals surface area contributed by atoms with Gasteiger partial charge in [0.15, 0.2) is 0 Å². The van der Waals surface area contributed by atoms with Crippen LogP contribution >= 0.6 is 0 Å².